The smallest absolute Gasteiger partial charge is 0.348 e. The highest BCUT2D eigenvalue weighted by Crippen LogP contribution is 2.29. The number of fused-ring (bicyclic) bond motifs is 1. The first-order valence-corrected chi connectivity index (χ1v) is 9.70. The van der Waals surface area contributed by atoms with Crippen molar-refractivity contribution in [1.29, 1.82) is 0 Å². The van der Waals surface area contributed by atoms with Gasteiger partial charge in [-0.3, -0.25) is 4.79 Å². The van der Waals surface area contributed by atoms with E-state index in [0.717, 1.165) is 18.5 Å². The van der Waals surface area contributed by atoms with Gasteiger partial charge in [-0.2, -0.15) is 0 Å². The molecule has 0 radical (unpaired) electrons. The molecule has 1 N–H and O–H groups in total. The predicted octanol–water partition coefficient (Wildman–Crippen LogP) is 3.88. The monoisotopic (exact) mass is 372 g/mol. The van der Waals surface area contributed by atoms with Crippen LogP contribution in [0.3, 0.4) is 0 Å². The van der Waals surface area contributed by atoms with E-state index in [1.807, 2.05) is 49.3 Å². The molecule has 0 aliphatic heterocycles. The van der Waals surface area contributed by atoms with Gasteiger partial charge in [0.15, 0.2) is 6.61 Å². The van der Waals surface area contributed by atoms with Crippen LogP contribution in [0.4, 0.5) is 11.4 Å². The van der Waals surface area contributed by atoms with Crippen molar-refractivity contribution in [2.75, 3.05) is 30.9 Å². The first-order valence-electron chi connectivity index (χ1n) is 8.89. The Bertz CT molecular complexity index is 757. The molecular weight excluding hydrogens is 348 g/mol. The number of nitrogens with zero attached hydrogens (tertiary/aromatic N) is 1. The molecule has 138 valence electrons. The molecule has 3 rings (SSSR count). The van der Waals surface area contributed by atoms with Gasteiger partial charge >= 0.3 is 5.97 Å². The van der Waals surface area contributed by atoms with E-state index in [4.69, 9.17) is 4.74 Å². The van der Waals surface area contributed by atoms with Gasteiger partial charge in [-0.1, -0.05) is 6.42 Å². The number of aryl methyl sites for hydroxylation is 2. The van der Waals surface area contributed by atoms with Gasteiger partial charge in [-0.15, -0.1) is 11.3 Å². The van der Waals surface area contributed by atoms with Crippen molar-refractivity contribution < 1.29 is 14.3 Å². The van der Waals surface area contributed by atoms with Gasteiger partial charge in [0.1, 0.15) is 4.88 Å². The molecule has 26 heavy (non-hydrogen) atoms. The molecule has 1 heterocycles. The van der Waals surface area contributed by atoms with E-state index < -0.39 is 5.97 Å². The van der Waals surface area contributed by atoms with Crippen molar-refractivity contribution in [3.8, 4) is 0 Å². The Hall–Kier alpha value is -2.34. The van der Waals surface area contributed by atoms with Crippen LogP contribution in [0.1, 0.15) is 39.4 Å². The van der Waals surface area contributed by atoms with Gasteiger partial charge in [0.2, 0.25) is 0 Å². The summed E-state index contributed by atoms with van der Waals surface area (Å²) in [5.41, 5.74) is 3.00. The fraction of sp³-hybridized carbons (Fsp3) is 0.400. The van der Waals surface area contributed by atoms with Crippen molar-refractivity contribution in [3.05, 3.63) is 45.6 Å². The molecule has 1 aromatic carbocycles. The molecule has 0 atom stereocenters. The van der Waals surface area contributed by atoms with Crippen LogP contribution >= 0.6 is 11.3 Å². The molecule has 1 aliphatic rings. The maximum absolute atomic E-state index is 12.2. The summed E-state index contributed by atoms with van der Waals surface area (Å²) in [6, 6.07) is 9.42. The first kappa shape index (κ1) is 18.5. The zero-order valence-corrected chi connectivity index (χ0v) is 16.0. The molecule has 6 heteroatoms. The first-order chi connectivity index (χ1) is 12.5. The zero-order chi connectivity index (χ0) is 18.5. The molecular formula is C20H24N2O3S. The molecule has 1 aromatic heterocycles. The molecule has 0 bridgehead atoms. The van der Waals surface area contributed by atoms with Crippen molar-refractivity contribution in [3.63, 3.8) is 0 Å². The van der Waals surface area contributed by atoms with Crippen molar-refractivity contribution >= 4 is 34.6 Å². The second kappa shape index (κ2) is 8.36. The fourth-order valence-corrected chi connectivity index (χ4v) is 4.16. The Morgan fingerprint density at radius 2 is 1.85 bits per heavy atom. The molecule has 0 saturated heterocycles. The summed E-state index contributed by atoms with van der Waals surface area (Å²) in [5, 5.41) is 2.74. The molecule has 5 nitrogen and oxygen atoms in total. The standard InChI is InChI=1S/C20H24N2O3S/c1-22(2)16-10-8-15(9-11-16)21-19(23)13-25-20(24)18-12-14-6-4-3-5-7-17(14)26-18/h8-12H,3-7,13H2,1-2H3,(H,21,23). The van der Waals surface area contributed by atoms with E-state index >= 15 is 0 Å². The lowest BCUT2D eigenvalue weighted by atomic mass is 10.1. The maximum atomic E-state index is 12.2. The third kappa shape index (κ3) is 4.64. The van der Waals surface area contributed by atoms with Crippen LogP contribution in [-0.4, -0.2) is 32.6 Å². The summed E-state index contributed by atoms with van der Waals surface area (Å²) in [6.45, 7) is -0.281. The number of benzene rings is 1. The molecule has 0 unspecified atom stereocenters. The summed E-state index contributed by atoms with van der Waals surface area (Å²) in [7, 11) is 3.91. The summed E-state index contributed by atoms with van der Waals surface area (Å²) < 4.78 is 5.18. The molecule has 1 aliphatic carbocycles. The number of thiophene rings is 1. The highest BCUT2D eigenvalue weighted by Gasteiger charge is 2.18. The van der Waals surface area contributed by atoms with E-state index in [2.05, 4.69) is 5.32 Å². The topological polar surface area (TPSA) is 58.6 Å². The number of amides is 1. The second-order valence-corrected chi connectivity index (χ2v) is 7.82. The summed E-state index contributed by atoms with van der Waals surface area (Å²) in [6.07, 6.45) is 5.67. The average molecular weight is 372 g/mol. The average Bonchev–Trinajstić information content (AvgIpc) is 2.91. The van der Waals surface area contributed by atoms with Gasteiger partial charge < -0.3 is 15.0 Å². The number of rotatable bonds is 5. The van der Waals surface area contributed by atoms with E-state index in [-0.39, 0.29) is 12.5 Å². The van der Waals surface area contributed by atoms with Crippen LogP contribution in [0.2, 0.25) is 0 Å². The maximum Gasteiger partial charge on any atom is 0.348 e. The second-order valence-electron chi connectivity index (χ2n) is 6.69. The number of nitrogens with one attached hydrogen (secondary N) is 1. The minimum Gasteiger partial charge on any atom is -0.451 e. The van der Waals surface area contributed by atoms with Crippen LogP contribution in [0.5, 0.6) is 0 Å². The molecule has 0 saturated carbocycles. The number of carbonyl (C=O) groups excluding carboxylic acids is 2. The quantitative estimate of drug-likeness (QED) is 0.639. The molecule has 0 fully saturated rings. The van der Waals surface area contributed by atoms with Gasteiger partial charge in [-0.05, 0) is 61.6 Å². The fourth-order valence-electron chi connectivity index (χ4n) is 3.01. The Morgan fingerprint density at radius 1 is 1.12 bits per heavy atom. The van der Waals surface area contributed by atoms with E-state index in [0.29, 0.717) is 10.6 Å². The highest BCUT2D eigenvalue weighted by atomic mass is 32.1. The number of anilines is 2. The lowest BCUT2D eigenvalue weighted by Gasteiger charge is -2.13. The van der Waals surface area contributed by atoms with E-state index in [1.165, 1.54) is 41.0 Å². The molecule has 2 aromatic rings. The van der Waals surface area contributed by atoms with Gasteiger partial charge in [0.05, 0.1) is 0 Å². The van der Waals surface area contributed by atoms with Gasteiger partial charge in [0.25, 0.3) is 5.91 Å². The molecule has 1 amide bonds. The summed E-state index contributed by atoms with van der Waals surface area (Å²) in [5.74, 6) is -0.754. The van der Waals surface area contributed by atoms with Gasteiger partial charge in [0, 0.05) is 30.3 Å². The Morgan fingerprint density at radius 3 is 2.58 bits per heavy atom. The SMILES string of the molecule is CN(C)c1ccc(NC(=O)COC(=O)c2cc3c(s2)CCCCC3)cc1. The van der Waals surface area contributed by atoms with E-state index in [9.17, 15) is 9.59 Å². The number of hydrogen-bond donors (Lipinski definition) is 1. The number of ether oxygens (including phenoxy) is 1. The third-order valence-electron chi connectivity index (χ3n) is 4.45. The van der Waals surface area contributed by atoms with E-state index in [1.54, 1.807) is 0 Å². The number of carbonyl (C=O) groups is 2. The zero-order valence-electron chi connectivity index (χ0n) is 15.2. The van der Waals surface area contributed by atoms with Crippen LogP contribution < -0.4 is 10.2 Å². The largest absolute Gasteiger partial charge is 0.451 e. The van der Waals surface area contributed by atoms with Crippen molar-refractivity contribution in [2.45, 2.75) is 32.1 Å². The highest BCUT2D eigenvalue weighted by molar-refractivity contribution is 7.14. The Balaban J connectivity index is 1.51. The number of esters is 1. The lowest BCUT2D eigenvalue weighted by molar-refractivity contribution is -0.119. The normalized spacial score (nSPS) is 13.5. The third-order valence-corrected chi connectivity index (χ3v) is 5.67. The Kier molecular flexibility index (Phi) is 5.93. The van der Waals surface area contributed by atoms with Crippen LogP contribution in [0.25, 0.3) is 0 Å². The van der Waals surface area contributed by atoms with Crippen LogP contribution in [0, 0.1) is 0 Å². The minimum absolute atomic E-state index is 0.281. The van der Waals surface area contributed by atoms with Crippen LogP contribution in [0.15, 0.2) is 30.3 Å². The summed E-state index contributed by atoms with van der Waals surface area (Å²) in [4.78, 5) is 28.1. The van der Waals surface area contributed by atoms with Gasteiger partial charge in [-0.25, -0.2) is 4.79 Å². The minimum atomic E-state index is -0.416. The van der Waals surface area contributed by atoms with Crippen molar-refractivity contribution in [2.24, 2.45) is 0 Å². The lowest BCUT2D eigenvalue weighted by Crippen LogP contribution is -2.20. The molecule has 0 spiro atoms. The number of hydrogen-bond acceptors (Lipinski definition) is 5. The predicted molar refractivity (Wildman–Crippen MR) is 105 cm³/mol. The van der Waals surface area contributed by atoms with Crippen LogP contribution in [-0.2, 0) is 22.4 Å². The van der Waals surface area contributed by atoms with Crippen molar-refractivity contribution in [1.82, 2.24) is 0 Å². The Labute approximate surface area is 158 Å². The summed E-state index contributed by atoms with van der Waals surface area (Å²) >= 11 is 1.51.